The molecule has 0 spiro atoms. The van der Waals surface area contributed by atoms with E-state index in [0.29, 0.717) is 0 Å². The number of ether oxygens (including phenoxy) is 1. The smallest absolute Gasteiger partial charge is 0.227 e. The van der Waals surface area contributed by atoms with Crippen LogP contribution in [0.15, 0.2) is 12.5 Å². The van der Waals surface area contributed by atoms with Crippen LogP contribution in [0.4, 0.5) is 0 Å². The van der Waals surface area contributed by atoms with Crippen LogP contribution in [0.3, 0.4) is 0 Å². The molecule has 0 fully saturated rings. The summed E-state index contributed by atoms with van der Waals surface area (Å²) in [6.45, 7) is 4.73. The Bertz CT molecular complexity index is 80.1. The molecule has 1 heterocycles. The second-order valence-corrected chi connectivity index (χ2v) is 1.36. The van der Waals surface area contributed by atoms with Crippen molar-refractivity contribution in [3.8, 4) is 0 Å². The van der Waals surface area contributed by atoms with Crippen LogP contribution in [-0.2, 0) is 4.74 Å². The molecule has 0 amide bonds. The van der Waals surface area contributed by atoms with Crippen molar-refractivity contribution in [1.82, 2.24) is 4.90 Å². The van der Waals surface area contributed by atoms with Gasteiger partial charge in [-0.2, -0.15) is 0 Å². The van der Waals surface area contributed by atoms with E-state index in [1.54, 1.807) is 13.0 Å². The van der Waals surface area contributed by atoms with E-state index in [9.17, 15) is 0 Å². The van der Waals surface area contributed by atoms with Gasteiger partial charge in [-0.1, -0.05) is 0 Å². The van der Waals surface area contributed by atoms with Crippen LogP contribution in [0, 0.1) is 6.73 Å². The quantitative estimate of drug-likeness (QED) is 0.483. The Kier molecular flexibility index (Phi) is 1.20. The molecule has 0 aromatic heterocycles. The Hall–Kier alpha value is -0.660. The van der Waals surface area contributed by atoms with Gasteiger partial charge >= 0.3 is 0 Å². The highest BCUT2D eigenvalue weighted by atomic mass is 16.5. The van der Waals surface area contributed by atoms with E-state index in [0.717, 1.165) is 6.54 Å². The molecule has 7 heavy (non-hydrogen) atoms. The lowest BCUT2D eigenvalue weighted by Gasteiger charge is -2.05. The van der Waals surface area contributed by atoms with Crippen molar-refractivity contribution in [3.63, 3.8) is 0 Å². The van der Waals surface area contributed by atoms with Crippen LogP contribution in [0.1, 0.15) is 6.92 Å². The van der Waals surface area contributed by atoms with E-state index in [2.05, 4.69) is 6.92 Å². The van der Waals surface area contributed by atoms with Gasteiger partial charge in [-0.3, -0.25) is 0 Å². The first kappa shape index (κ1) is 4.50. The minimum absolute atomic E-state index is 0.983. The van der Waals surface area contributed by atoms with Crippen LogP contribution in [0.5, 0.6) is 0 Å². The second-order valence-electron chi connectivity index (χ2n) is 1.36. The molecule has 2 heteroatoms. The maximum absolute atomic E-state index is 4.77. The summed E-state index contributed by atoms with van der Waals surface area (Å²) in [4.78, 5) is 1.96. The predicted octanol–water partition coefficient (Wildman–Crippen LogP) is 0.929. The number of rotatable bonds is 1. The van der Waals surface area contributed by atoms with Crippen molar-refractivity contribution in [3.05, 3.63) is 19.2 Å². The number of hydrogen-bond acceptors (Lipinski definition) is 2. The monoisotopic (exact) mass is 98.1 g/mol. The fourth-order valence-corrected chi connectivity index (χ4v) is 0.442. The summed E-state index contributed by atoms with van der Waals surface area (Å²) in [7, 11) is 0. The van der Waals surface area contributed by atoms with E-state index in [-0.39, 0.29) is 0 Å². The molecule has 1 rings (SSSR count). The van der Waals surface area contributed by atoms with Gasteiger partial charge in [0.2, 0.25) is 6.73 Å². The molecule has 0 bridgehead atoms. The third-order valence-electron chi connectivity index (χ3n) is 0.892. The molecule has 1 aliphatic rings. The minimum Gasteiger partial charge on any atom is -0.470 e. The Morgan fingerprint density at radius 2 is 2.57 bits per heavy atom. The van der Waals surface area contributed by atoms with Gasteiger partial charge in [0.1, 0.15) is 6.26 Å². The Labute approximate surface area is 43.4 Å². The summed E-state index contributed by atoms with van der Waals surface area (Å²) in [6.07, 6.45) is 3.55. The van der Waals surface area contributed by atoms with E-state index < -0.39 is 0 Å². The molecule has 0 saturated carbocycles. The van der Waals surface area contributed by atoms with Crippen molar-refractivity contribution < 1.29 is 4.74 Å². The Balaban J connectivity index is 2.28. The van der Waals surface area contributed by atoms with Crippen LogP contribution < -0.4 is 0 Å². The maximum atomic E-state index is 4.77. The standard InChI is InChI=1S/C5H8NO/c1-2-6-3-4-7-5-6/h3-5H,2H2,1H3. The third kappa shape index (κ3) is 0.856. The molecule has 0 N–H and O–H groups in total. The molecule has 1 radical (unpaired) electrons. The number of hydrogen-bond donors (Lipinski definition) is 0. The van der Waals surface area contributed by atoms with Crippen molar-refractivity contribution in [1.29, 1.82) is 0 Å². The summed E-state index contributed by atoms with van der Waals surface area (Å²) >= 11 is 0. The normalized spacial score (nSPS) is 17.6. The summed E-state index contributed by atoms with van der Waals surface area (Å²) < 4.78 is 4.77. The average Bonchev–Trinajstić information content (AvgIpc) is 2.14. The molecule has 0 atom stereocenters. The van der Waals surface area contributed by atoms with Crippen molar-refractivity contribution >= 4 is 0 Å². The lowest BCUT2D eigenvalue weighted by atomic mass is 10.7. The molecule has 0 aliphatic carbocycles. The van der Waals surface area contributed by atoms with E-state index in [1.807, 2.05) is 11.1 Å². The molecule has 0 saturated heterocycles. The Morgan fingerprint density at radius 3 is 2.86 bits per heavy atom. The SMILES string of the molecule is CCN1[CH]OC=C1. The topological polar surface area (TPSA) is 12.5 Å². The lowest BCUT2D eigenvalue weighted by Crippen LogP contribution is -2.07. The third-order valence-corrected chi connectivity index (χ3v) is 0.892. The minimum atomic E-state index is 0.983. The summed E-state index contributed by atoms with van der Waals surface area (Å²) in [5, 5.41) is 0. The highest BCUT2D eigenvalue weighted by Gasteiger charge is 1.99. The van der Waals surface area contributed by atoms with Gasteiger partial charge in [-0.25, -0.2) is 0 Å². The average molecular weight is 98.1 g/mol. The summed E-state index contributed by atoms with van der Waals surface area (Å²) in [5.74, 6) is 0. The van der Waals surface area contributed by atoms with Gasteiger partial charge in [0.25, 0.3) is 0 Å². The van der Waals surface area contributed by atoms with Crippen LogP contribution in [-0.4, -0.2) is 11.4 Å². The highest BCUT2D eigenvalue weighted by Crippen LogP contribution is 2.02. The molecular weight excluding hydrogens is 90.1 g/mol. The van der Waals surface area contributed by atoms with Gasteiger partial charge in [0, 0.05) is 12.7 Å². The molecule has 39 valence electrons. The van der Waals surface area contributed by atoms with Crippen LogP contribution >= 0.6 is 0 Å². The first-order valence-electron chi connectivity index (χ1n) is 2.34. The van der Waals surface area contributed by atoms with Gasteiger partial charge in [-0.15, -0.1) is 0 Å². The zero-order valence-electron chi connectivity index (χ0n) is 4.29. The van der Waals surface area contributed by atoms with Gasteiger partial charge < -0.3 is 9.64 Å². The zero-order valence-corrected chi connectivity index (χ0v) is 4.29. The Morgan fingerprint density at radius 1 is 1.71 bits per heavy atom. The second kappa shape index (κ2) is 1.87. The van der Waals surface area contributed by atoms with Crippen molar-refractivity contribution in [2.75, 3.05) is 6.54 Å². The fourth-order valence-electron chi connectivity index (χ4n) is 0.442. The van der Waals surface area contributed by atoms with Gasteiger partial charge in [0.05, 0.1) is 0 Å². The maximum Gasteiger partial charge on any atom is 0.227 e. The molecule has 2 nitrogen and oxygen atoms in total. The first-order valence-corrected chi connectivity index (χ1v) is 2.34. The lowest BCUT2D eigenvalue weighted by molar-refractivity contribution is 0.263. The number of nitrogens with zero attached hydrogens (tertiary/aromatic N) is 1. The highest BCUT2D eigenvalue weighted by molar-refractivity contribution is 4.84. The van der Waals surface area contributed by atoms with Crippen molar-refractivity contribution in [2.45, 2.75) is 6.92 Å². The molecular formula is C5H8NO. The molecule has 0 aromatic carbocycles. The van der Waals surface area contributed by atoms with E-state index in [1.165, 1.54) is 0 Å². The van der Waals surface area contributed by atoms with Gasteiger partial charge in [-0.05, 0) is 6.92 Å². The largest absolute Gasteiger partial charge is 0.470 e. The van der Waals surface area contributed by atoms with Crippen LogP contribution in [0.25, 0.3) is 0 Å². The molecule has 0 unspecified atom stereocenters. The van der Waals surface area contributed by atoms with Gasteiger partial charge in [0.15, 0.2) is 0 Å². The summed E-state index contributed by atoms with van der Waals surface area (Å²) in [6, 6.07) is 0. The molecule has 1 aliphatic heterocycles. The first-order chi connectivity index (χ1) is 3.43. The zero-order chi connectivity index (χ0) is 5.11. The van der Waals surface area contributed by atoms with E-state index >= 15 is 0 Å². The van der Waals surface area contributed by atoms with Crippen LogP contribution in [0.2, 0.25) is 0 Å². The summed E-state index contributed by atoms with van der Waals surface area (Å²) in [5.41, 5.74) is 0. The molecule has 0 aromatic rings. The fraction of sp³-hybridized carbons (Fsp3) is 0.400. The predicted molar refractivity (Wildman–Crippen MR) is 26.9 cm³/mol. The van der Waals surface area contributed by atoms with E-state index in [4.69, 9.17) is 4.74 Å². The van der Waals surface area contributed by atoms with Crippen molar-refractivity contribution in [2.24, 2.45) is 0 Å².